The molecule has 1 aromatic rings. The number of carbonyl (C=O) groups is 1. The van der Waals surface area contributed by atoms with Gasteiger partial charge < -0.3 is 16.0 Å². The largest absolute Gasteiger partial charge is 0.369 e. The molecule has 2 aliphatic rings. The summed E-state index contributed by atoms with van der Waals surface area (Å²) >= 11 is 0. The zero-order valence-electron chi connectivity index (χ0n) is 14.5. The lowest BCUT2D eigenvalue weighted by molar-refractivity contribution is -0.124. The van der Waals surface area contributed by atoms with Gasteiger partial charge in [0.1, 0.15) is 0 Å². The SMILES string of the molecule is CC(CN1CCN(c2ccccc2)CC1)NC(=O)C1(N)CC1.Cl.Cl.Cl. The average molecular weight is 412 g/mol. The molecule has 1 heterocycles. The molecule has 1 atom stereocenters. The van der Waals surface area contributed by atoms with E-state index in [0.717, 1.165) is 45.6 Å². The monoisotopic (exact) mass is 410 g/mol. The Morgan fingerprint density at radius 1 is 1.12 bits per heavy atom. The van der Waals surface area contributed by atoms with Gasteiger partial charge in [0.15, 0.2) is 0 Å². The topological polar surface area (TPSA) is 61.6 Å². The van der Waals surface area contributed by atoms with E-state index >= 15 is 0 Å². The van der Waals surface area contributed by atoms with Gasteiger partial charge in [0.25, 0.3) is 0 Å². The summed E-state index contributed by atoms with van der Waals surface area (Å²) in [4.78, 5) is 16.8. The number of carbonyl (C=O) groups excluding carboxylic acids is 1. The van der Waals surface area contributed by atoms with Crippen LogP contribution < -0.4 is 16.0 Å². The first kappa shape index (κ1) is 24.3. The van der Waals surface area contributed by atoms with Crippen LogP contribution in [-0.2, 0) is 4.79 Å². The fourth-order valence-electron chi connectivity index (χ4n) is 2.99. The second kappa shape index (κ2) is 10.4. The number of nitrogens with two attached hydrogens (primary N) is 1. The summed E-state index contributed by atoms with van der Waals surface area (Å²) in [7, 11) is 0. The van der Waals surface area contributed by atoms with Gasteiger partial charge in [-0.2, -0.15) is 0 Å². The predicted molar refractivity (Wildman–Crippen MR) is 111 cm³/mol. The molecule has 1 saturated heterocycles. The molecular formula is C17H29Cl3N4O. The van der Waals surface area contributed by atoms with Crippen molar-refractivity contribution in [2.75, 3.05) is 37.6 Å². The van der Waals surface area contributed by atoms with Gasteiger partial charge in [-0.3, -0.25) is 9.69 Å². The molecular weight excluding hydrogens is 383 g/mol. The molecule has 0 aromatic heterocycles. The highest BCUT2D eigenvalue weighted by Gasteiger charge is 2.46. The molecule has 1 saturated carbocycles. The molecule has 1 aromatic carbocycles. The van der Waals surface area contributed by atoms with Gasteiger partial charge in [0, 0.05) is 44.5 Å². The van der Waals surface area contributed by atoms with Crippen LogP contribution >= 0.6 is 37.2 Å². The van der Waals surface area contributed by atoms with Crippen LogP contribution in [0, 0.1) is 0 Å². The molecule has 1 aliphatic carbocycles. The molecule has 0 spiro atoms. The predicted octanol–water partition coefficient (Wildman–Crippen LogP) is 2.07. The highest BCUT2D eigenvalue weighted by Crippen LogP contribution is 2.32. The van der Waals surface area contributed by atoms with Gasteiger partial charge in [-0.1, -0.05) is 18.2 Å². The number of nitrogens with zero attached hydrogens (tertiary/aromatic N) is 2. The lowest BCUT2D eigenvalue weighted by Gasteiger charge is -2.37. The number of rotatable bonds is 5. The second-order valence-electron chi connectivity index (χ2n) is 6.65. The number of anilines is 1. The Hall–Kier alpha value is -0.720. The van der Waals surface area contributed by atoms with E-state index in [1.54, 1.807) is 0 Å². The van der Waals surface area contributed by atoms with E-state index in [1.165, 1.54) is 5.69 Å². The van der Waals surface area contributed by atoms with Gasteiger partial charge in [0.2, 0.25) is 5.91 Å². The van der Waals surface area contributed by atoms with Crippen molar-refractivity contribution in [3.8, 4) is 0 Å². The number of benzene rings is 1. The summed E-state index contributed by atoms with van der Waals surface area (Å²) in [6.45, 7) is 7.08. The maximum atomic E-state index is 12.0. The first-order chi connectivity index (χ1) is 10.6. The molecule has 144 valence electrons. The number of hydrogen-bond acceptors (Lipinski definition) is 4. The van der Waals surface area contributed by atoms with E-state index in [1.807, 2.05) is 6.07 Å². The van der Waals surface area contributed by atoms with Crippen LogP contribution in [0.5, 0.6) is 0 Å². The molecule has 1 aliphatic heterocycles. The van der Waals surface area contributed by atoms with E-state index in [4.69, 9.17) is 5.73 Å². The van der Waals surface area contributed by atoms with Crippen molar-refractivity contribution in [1.29, 1.82) is 0 Å². The van der Waals surface area contributed by atoms with Crippen molar-refractivity contribution in [1.82, 2.24) is 10.2 Å². The lowest BCUT2D eigenvalue weighted by atomic mass is 10.2. The maximum Gasteiger partial charge on any atom is 0.240 e. The molecule has 3 N–H and O–H groups in total. The van der Waals surface area contributed by atoms with Gasteiger partial charge in [-0.05, 0) is 31.9 Å². The zero-order chi connectivity index (χ0) is 15.6. The molecule has 2 fully saturated rings. The number of nitrogens with one attached hydrogen (secondary N) is 1. The molecule has 1 unspecified atom stereocenters. The van der Waals surface area contributed by atoms with Crippen molar-refractivity contribution >= 4 is 48.8 Å². The van der Waals surface area contributed by atoms with Crippen molar-refractivity contribution in [3.05, 3.63) is 30.3 Å². The highest BCUT2D eigenvalue weighted by molar-refractivity contribution is 5.89. The van der Waals surface area contributed by atoms with Crippen LogP contribution in [0.15, 0.2) is 30.3 Å². The van der Waals surface area contributed by atoms with Crippen molar-refractivity contribution in [2.45, 2.75) is 31.3 Å². The third-order valence-corrected chi connectivity index (χ3v) is 4.64. The van der Waals surface area contributed by atoms with Crippen molar-refractivity contribution in [2.24, 2.45) is 5.73 Å². The molecule has 5 nitrogen and oxygen atoms in total. The fraction of sp³-hybridized carbons (Fsp3) is 0.588. The molecule has 3 rings (SSSR count). The Labute approximate surface area is 168 Å². The number of hydrogen-bond donors (Lipinski definition) is 2. The average Bonchev–Trinajstić information content (AvgIpc) is 3.28. The fourth-order valence-corrected chi connectivity index (χ4v) is 2.99. The van der Waals surface area contributed by atoms with Crippen LogP contribution in [0.1, 0.15) is 19.8 Å². The summed E-state index contributed by atoms with van der Waals surface area (Å²) in [6, 6.07) is 10.7. The zero-order valence-corrected chi connectivity index (χ0v) is 17.0. The third kappa shape index (κ3) is 6.50. The summed E-state index contributed by atoms with van der Waals surface area (Å²) in [5.41, 5.74) is 6.65. The van der Waals surface area contributed by atoms with Gasteiger partial charge >= 0.3 is 0 Å². The van der Waals surface area contributed by atoms with E-state index in [0.29, 0.717) is 0 Å². The van der Waals surface area contributed by atoms with E-state index in [2.05, 4.69) is 46.3 Å². The Kier molecular flexibility index (Phi) is 10.1. The standard InChI is InChI=1S/C17H26N4O.3ClH/c1-14(19-16(22)17(18)7-8-17)13-20-9-11-21(12-10-20)15-5-3-2-4-6-15;;;/h2-6,14H,7-13,18H2,1H3,(H,19,22);3*1H. The first-order valence-electron chi connectivity index (χ1n) is 8.19. The van der Waals surface area contributed by atoms with Crippen molar-refractivity contribution in [3.63, 3.8) is 0 Å². The molecule has 0 radical (unpaired) electrons. The number of piperazine rings is 1. The second-order valence-corrected chi connectivity index (χ2v) is 6.65. The van der Waals surface area contributed by atoms with Crippen LogP contribution in [0.2, 0.25) is 0 Å². The number of halogens is 3. The number of para-hydroxylation sites is 1. The molecule has 0 bridgehead atoms. The normalized spacial score (nSPS) is 19.5. The maximum absolute atomic E-state index is 12.0. The molecule has 1 amide bonds. The number of amides is 1. The lowest BCUT2D eigenvalue weighted by Crippen LogP contribution is -2.53. The summed E-state index contributed by atoms with van der Waals surface area (Å²) in [6.07, 6.45) is 1.64. The summed E-state index contributed by atoms with van der Waals surface area (Å²) < 4.78 is 0. The Morgan fingerprint density at radius 3 is 2.20 bits per heavy atom. The minimum Gasteiger partial charge on any atom is -0.369 e. The molecule has 8 heteroatoms. The minimum atomic E-state index is -0.569. The van der Waals surface area contributed by atoms with Gasteiger partial charge in [-0.15, -0.1) is 37.2 Å². The van der Waals surface area contributed by atoms with Gasteiger partial charge in [0.05, 0.1) is 5.54 Å². The Morgan fingerprint density at radius 2 is 1.68 bits per heavy atom. The highest BCUT2D eigenvalue weighted by atomic mass is 35.5. The Balaban J connectivity index is 0.00000192. The van der Waals surface area contributed by atoms with Gasteiger partial charge in [-0.25, -0.2) is 0 Å². The quantitative estimate of drug-likeness (QED) is 0.778. The van der Waals surface area contributed by atoms with Crippen LogP contribution in [-0.4, -0.2) is 55.1 Å². The van der Waals surface area contributed by atoms with Crippen LogP contribution in [0.3, 0.4) is 0 Å². The Bertz CT molecular complexity index is 520. The summed E-state index contributed by atoms with van der Waals surface area (Å²) in [5, 5.41) is 3.05. The smallest absolute Gasteiger partial charge is 0.240 e. The third-order valence-electron chi connectivity index (χ3n) is 4.64. The molecule has 25 heavy (non-hydrogen) atoms. The van der Waals surface area contributed by atoms with Crippen LogP contribution in [0.25, 0.3) is 0 Å². The van der Waals surface area contributed by atoms with Crippen molar-refractivity contribution < 1.29 is 4.79 Å². The van der Waals surface area contributed by atoms with E-state index < -0.39 is 5.54 Å². The summed E-state index contributed by atoms with van der Waals surface area (Å²) in [5.74, 6) is 0.0166. The minimum absolute atomic E-state index is 0. The van der Waals surface area contributed by atoms with E-state index in [-0.39, 0.29) is 49.2 Å². The first-order valence-corrected chi connectivity index (χ1v) is 8.19. The van der Waals surface area contributed by atoms with Crippen LogP contribution in [0.4, 0.5) is 5.69 Å². The van der Waals surface area contributed by atoms with E-state index in [9.17, 15) is 4.79 Å².